The molecule has 1 rings (SSSR count). The summed E-state index contributed by atoms with van der Waals surface area (Å²) in [6, 6.07) is 0. The first-order valence-electron chi connectivity index (χ1n) is 4.17. The van der Waals surface area contributed by atoms with Gasteiger partial charge in [0.25, 0.3) is 0 Å². The van der Waals surface area contributed by atoms with Gasteiger partial charge in [-0.3, -0.25) is 0 Å². The smallest absolute Gasteiger partial charge is 0.216 e. The molecule has 0 N–H and O–H groups in total. The first kappa shape index (κ1) is 10.8. The highest BCUT2D eigenvalue weighted by Crippen LogP contribution is 2.28. The Morgan fingerprint density at radius 2 is 1.92 bits per heavy atom. The van der Waals surface area contributed by atoms with Crippen LogP contribution in [0.1, 0.15) is 26.3 Å². The third-order valence-corrected chi connectivity index (χ3v) is 2.86. The summed E-state index contributed by atoms with van der Waals surface area (Å²) in [5, 5.41) is 4.43. The van der Waals surface area contributed by atoms with Gasteiger partial charge in [-0.15, -0.1) is 0 Å². The van der Waals surface area contributed by atoms with E-state index in [1.807, 2.05) is 11.6 Å². The summed E-state index contributed by atoms with van der Waals surface area (Å²) in [5.74, 6) is 0.858. The lowest BCUT2D eigenvalue weighted by Crippen LogP contribution is -2.23. The van der Waals surface area contributed by atoms with E-state index < -0.39 is 0 Å². The van der Waals surface area contributed by atoms with Crippen molar-refractivity contribution >= 4 is 22.6 Å². The second-order valence-electron chi connectivity index (χ2n) is 4.01. The van der Waals surface area contributed by atoms with Gasteiger partial charge in [-0.25, -0.2) is 4.68 Å². The first-order valence-corrected chi connectivity index (χ1v) is 5.25. The fourth-order valence-corrected chi connectivity index (χ4v) is 1.60. The molecule has 74 valence electrons. The number of nitrogens with zero attached hydrogens (tertiary/aromatic N) is 2. The van der Waals surface area contributed by atoms with Gasteiger partial charge in [-0.1, -0.05) is 0 Å². The second kappa shape index (κ2) is 3.48. The fourth-order valence-electron chi connectivity index (χ4n) is 1.15. The molecule has 1 heterocycles. The van der Waals surface area contributed by atoms with Crippen LogP contribution in [0.4, 0.5) is 0 Å². The van der Waals surface area contributed by atoms with E-state index in [2.05, 4.69) is 48.5 Å². The van der Waals surface area contributed by atoms with Crippen LogP contribution in [0.2, 0.25) is 0 Å². The van der Waals surface area contributed by atoms with Gasteiger partial charge < -0.3 is 4.74 Å². The van der Waals surface area contributed by atoms with E-state index in [1.165, 1.54) is 0 Å². The average molecular weight is 294 g/mol. The van der Waals surface area contributed by atoms with Gasteiger partial charge in [0.05, 0.1) is 12.6 Å². The predicted molar refractivity (Wildman–Crippen MR) is 61.2 cm³/mol. The summed E-state index contributed by atoms with van der Waals surface area (Å²) < 4.78 is 8.24. The Labute approximate surface area is 92.6 Å². The highest BCUT2D eigenvalue weighted by atomic mass is 127. The monoisotopic (exact) mass is 294 g/mol. The molecule has 0 spiro atoms. The summed E-state index contributed by atoms with van der Waals surface area (Å²) >= 11 is 2.22. The molecular weight excluding hydrogens is 279 g/mol. The maximum Gasteiger partial charge on any atom is 0.216 e. The molecule has 0 bridgehead atoms. The van der Waals surface area contributed by atoms with E-state index in [-0.39, 0.29) is 5.54 Å². The van der Waals surface area contributed by atoms with Crippen molar-refractivity contribution in [1.29, 1.82) is 0 Å². The summed E-state index contributed by atoms with van der Waals surface area (Å²) in [7, 11) is 1.68. The van der Waals surface area contributed by atoms with Crippen molar-refractivity contribution in [3.05, 3.63) is 9.26 Å². The van der Waals surface area contributed by atoms with Crippen molar-refractivity contribution in [1.82, 2.24) is 9.78 Å². The minimum Gasteiger partial charge on any atom is -0.481 e. The highest BCUT2D eigenvalue weighted by Gasteiger charge is 2.22. The quantitative estimate of drug-likeness (QED) is 0.744. The van der Waals surface area contributed by atoms with Gasteiger partial charge in [0.15, 0.2) is 0 Å². The Balaban J connectivity index is 3.30. The van der Waals surface area contributed by atoms with Crippen molar-refractivity contribution in [2.24, 2.45) is 0 Å². The van der Waals surface area contributed by atoms with Gasteiger partial charge in [0, 0.05) is 5.56 Å². The van der Waals surface area contributed by atoms with E-state index in [1.54, 1.807) is 7.11 Å². The molecule has 0 amide bonds. The van der Waals surface area contributed by atoms with Crippen molar-refractivity contribution in [2.45, 2.75) is 33.2 Å². The molecule has 0 aliphatic carbocycles. The Hall–Kier alpha value is -0.260. The molecule has 0 aromatic carbocycles. The molecule has 0 aliphatic heterocycles. The van der Waals surface area contributed by atoms with E-state index in [4.69, 9.17) is 4.74 Å². The van der Waals surface area contributed by atoms with Gasteiger partial charge in [-0.05, 0) is 50.3 Å². The van der Waals surface area contributed by atoms with Crippen LogP contribution in [0, 0.1) is 10.6 Å². The Kier molecular flexibility index (Phi) is 2.89. The Bertz CT molecular complexity index is 312. The minimum atomic E-state index is -0.0282. The molecule has 13 heavy (non-hydrogen) atoms. The normalized spacial score (nSPS) is 11.8. The van der Waals surface area contributed by atoms with Crippen LogP contribution >= 0.6 is 22.6 Å². The van der Waals surface area contributed by atoms with Crippen LogP contribution in [-0.2, 0) is 5.54 Å². The van der Waals surface area contributed by atoms with Gasteiger partial charge in [0.1, 0.15) is 3.70 Å². The largest absolute Gasteiger partial charge is 0.481 e. The van der Waals surface area contributed by atoms with Crippen molar-refractivity contribution in [2.75, 3.05) is 7.11 Å². The van der Waals surface area contributed by atoms with Gasteiger partial charge >= 0.3 is 0 Å². The van der Waals surface area contributed by atoms with E-state index in [9.17, 15) is 0 Å². The number of ether oxygens (including phenoxy) is 1. The van der Waals surface area contributed by atoms with E-state index >= 15 is 0 Å². The Morgan fingerprint density at radius 3 is 2.23 bits per heavy atom. The summed E-state index contributed by atoms with van der Waals surface area (Å²) in [5.41, 5.74) is 1.08. The zero-order valence-electron chi connectivity index (χ0n) is 8.68. The summed E-state index contributed by atoms with van der Waals surface area (Å²) in [6.45, 7) is 8.35. The van der Waals surface area contributed by atoms with Gasteiger partial charge in [-0.2, -0.15) is 5.10 Å². The second-order valence-corrected chi connectivity index (χ2v) is 5.03. The molecule has 0 atom stereocenters. The van der Waals surface area contributed by atoms with E-state index in [0.717, 1.165) is 15.1 Å². The van der Waals surface area contributed by atoms with Crippen LogP contribution in [0.3, 0.4) is 0 Å². The lowest BCUT2D eigenvalue weighted by Gasteiger charge is -2.21. The molecule has 0 saturated heterocycles. The number of hydrogen-bond acceptors (Lipinski definition) is 2. The molecule has 0 radical (unpaired) electrons. The maximum absolute atomic E-state index is 5.32. The molecular formula is C9H15IN2O. The molecule has 4 heteroatoms. The van der Waals surface area contributed by atoms with Crippen molar-refractivity contribution in [3.8, 4) is 5.88 Å². The van der Waals surface area contributed by atoms with Crippen molar-refractivity contribution < 1.29 is 4.74 Å². The number of halogens is 1. The van der Waals surface area contributed by atoms with Crippen LogP contribution < -0.4 is 4.74 Å². The van der Waals surface area contributed by atoms with Crippen LogP contribution in [0.25, 0.3) is 0 Å². The molecule has 0 saturated carbocycles. The summed E-state index contributed by atoms with van der Waals surface area (Å²) in [6.07, 6.45) is 0. The number of hydrogen-bond donors (Lipinski definition) is 0. The van der Waals surface area contributed by atoms with Crippen molar-refractivity contribution in [3.63, 3.8) is 0 Å². The number of rotatable bonds is 1. The standard InChI is InChI=1S/C9H15IN2O/c1-6-7(10)11-12(8(6)13-5)9(2,3)4/h1-5H3. The minimum absolute atomic E-state index is 0.0282. The molecule has 0 unspecified atom stereocenters. The Morgan fingerprint density at radius 1 is 1.38 bits per heavy atom. The topological polar surface area (TPSA) is 27.1 Å². The predicted octanol–water partition coefficient (Wildman–Crippen LogP) is 2.56. The summed E-state index contributed by atoms with van der Waals surface area (Å²) in [4.78, 5) is 0. The van der Waals surface area contributed by atoms with E-state index in [0.29, 0.717) is 0 Å². The molecule has 0 aliphatic rings. The molecule has 1 aromatic rings. The maximum atomic E-state index is 5.32. The zero-order valence-corrected chi connectivity index (χ0v) is 10.8. The van der Waals surface area contributed by atoms with Crippen LogP contribution in [0.5, 0.6) is 5.88 Å². The fraction of sp³-hybridized carbons (Fsp3) is 0.667. The average Bonchev–Trinajstić information content (AvgIpc) is 2.28. The highest BCUT2D eigenvalue weighted by molar-refractivity contribution is 14.1. The first-order chi connectivity index (χ1) is 5.88. The number of methoxy groups -OCH3 is 1. The third kappa shape index (κ3) is 1.98. The van der Waals surface area contributed by atoms with Crippen LogP contribution in [-0.4, -0.2) is 16.9 Å². The lowest BCUT2D eigenvalue weighted by molar-refractivity contribution is 0.280. The molecule has 3 nitrogen and oxygen atoms in total. The van der Waals surface area contributed by atoms with Crippen LogP contribution in [0.15, 0.2) is 0 Å². The van der Waals surface area contributed by atoms with Gasteiger partial charge in [0.2, 0.25) is 5.88 Å². The SMILES string of the molecule is COc1c(C)c(I)nn1C(C)(C)C. The molecule has 0 fully saturated rings. The third-order valence-electron chi connectivity index (χ3n) is 1.84. The zero-order chi connectivity index (χ0) is 10.2. The molecule has 1 aromatic heterocycles. The lowest BCUT2D eigenvalue weighted by atomic mass is 10.1. The number of aromatic nitrogens is 2.